The second-order valence-corrected chi connectivity index (χ2v) is 19.0. The Balaban J connectivity index is 2.37. The standard InChI is InChI=1S/C10H7O.3CH3.Sn/c1-2-5-9(6-3-1)10-7-4-8-11-10;;;;/h1-7H;3*1H3;. The summed E-state index contributed by atoms with van der Waals surface area (Å²) in [6, 6.07) is 14.5. The van der Waals surface area contributed by atoms with Crippen molar-refractivity contribution in [3.8, 4) is 11.3 Å². The van der Waals surface area contributed by atoms with Gasteiger partial charge in [-0.25, -0.2) is 0 Å². The van der Waals surface area contributed by atoms with Crippen LogP contribution in [0.4, 0.5) is 0 Å². The molecule has 0 spiro atoms. The van der Waals surface area contributed by atoms with E-state index in [1.807, 2.05) is 18.2 Å². The number of rotatable bonds is 2. The van der Waals surface area contributed by atoms with Crippen LogP contribution < -0.4 is 3.78 Å². The first kappa shape index (κ1) is 10.8. The minimum absolute atomic E-state index is 0.997. The van der Waals surface area contributed by atoms with Gasteiger partial charge in [0.15, 0.2) is 0 Å². The summed E-state index contributed by atoms with van der Waals surface area (Å²) in [5.41, 5.74) is 1.17. The van der Waals surface area contributed by atoms with Crippen molar-refractivity contribution >= 4 is 22.2 Å². The maximum absolute atomic E-state index is 5.93. The predicted molar refractivity (Wildman–Crippen MR) is 67.1 cm³/mol. The van der Waals surface area contributed by atoms with Crippen LogP contribution in [0, 0.1) is 0 Å². The maximum atomic E-state index is 5.93. The SMILES string of the molecule is [CH3][Sn]([CH3])([CH3])[c]1ccc(-c2ccccc2)o1. The fourth-order valence-corrected chi connectivity index (χ4v) is 4.35. The van der Waals surface area contributed by atoms with Gasteiger partial charge in [-0.05, 0) is 0 Å². The van der Waals surface area contributed by atoms with Gasteiger partial charge in [0.2, 0.25) is 0 Å². The number of hydrogen-bond donors (Lipinski definition) is 0. The van der Waals surface area contributed by atoms with E-state index in [0.29, 0.717) is 0 Å². The van der Waals surface area contributed by atoms with E-state index in [2.05, 4.69) is 39.1 Å². The van der Waals surface area contributed by atoms with Crippen LogP contribution in [0.1, 0.15) is 0 Å². The van der Waals surface area contributed by atoms with Gasteiger partial charge in [0.1, 0.15) is 0 Å². The van der Waals surface area contributed by atoms with Crippen LogP contribution >= 0.6 is 0 Å². The Morgan fingerprint density at radius 3 is 2.07 bits per heavy atom. The molecule has 78 valence electrons. The van der Waals surface area contributed by atoms with Crippen molar-refractivity contribution < 1.29 is 4.42 Å². The van der Waals surface area contributed by atoms with Gasteiger partial charge in [-0.15, -0.1) is 0 Å². The van der Waals surface area contributed by atoms with E-state index in [0.717, 1.165) is 5.76 Å². The molecule has 0 saturated heterocycles. The molecule has 15 heavy (non-hydrogen) atoms. The molecule has 2 aromatic rings. The van der Waals surface area contributed by atoms with Gasteiger partial charge >= 0.3 is 95.2 Å². The van der Waals surface area contributed by atoms with E-state index >= 15 is 0 Å². The van der Waals surface area contributed by atoms with E-state index in [1.54, 1.807) is 0 Å². The molecule has 2 rings (SSSR count). The summed E-state index contributed by atoms with van der Waals surface area (Å²) < 4.78 is 7.17. The molecule has 0 aliphatic rings. The molecule has 0 radical (unpaired) electrons. The third-order valence-corrected chi connectivity index (χ3v) is 7.39. The van der Waals surface area contributed by atoms with Crippen LogP contribution in [0.5, 0.6) is 0 Å². The minimum atomic E-state index is -2.02. The van der Waals surface area contributed by atoms with Crippen LogP contribution in [0.25, 0.3) is 11.3 Å². The molecule has 0 atom stereocenters. The average molecular weight is 307 g/mol. The molecular weight excluding hydrogens is 291 g/mol. The van der Waals surface area contributed by atoms with Crippen molar-refractivity contribution in [2.45, 2.75) is 14.8 Å². The summed E-state index contributed by atoms with van der Waals surface area (Å²) in [6.07, 6.45) is 0. The van der Waals surface area contributed by atoms with Crippen LogP contribution in [0.2, 0.25) is 14.8 Å². The second kappa shape index (κ2) is 4.05. The Kier molecular flexibility index (Phi) is 2.91. The summed E-state index contributed by atoms with van der Waals surface area (Å²) in [7, 11) is 0. The van der Waals surface area contributed by atoms with E-state index in [-0.39, 0.29) is 0 Å². The van der Waals surface area contributed by atoms with Gasteiger partial charge in [0.05, 0.1) is 0 Å². The van der Waals surface area contributed by atoms with Crippen LogP contribution in [-0.2, 0) is 0 Å². The third kappa shape index (κ3) is 2.45. The first-order valence-corrected chi connectivity index (χ1v) is 15.2. The Labute approximate surface area is 95.0 Å². The van der Waals surface area contributed by atoms with Gasteiger partial charge in [0, 0.05) is 0 Å². The molecule has 0 saturated carbocycles. The molecule has 0 fully saturated rings. The molecule has 1 heterocycles. The van der Waals surface area contributed by atoms with Gasteiger partial charge < -0.3 is 0 Å². The molecule has 0 unspecified atom stereocenters. The first-order valence-electron chi connectivity index (χ1n) is 5.23. The molecule has 1 nitrogen and oxygen atoms in total. The number of hydrogen-bond acceptors (Lipinski definition) is 1. The zero-order valence-corrected chi connectivity index (χ0v) is 12.3. The fraction of sp³-hybridized carbons (Fsp3) is 0.231. The van der Waals surface area contributed by atoms with E-state index in [1.165, 1.54) is 9.34 Å². The quantitative estimate of drug-likeness (QED) is 0.774. The molecule has 2 heteroatoms. The van der Waals surface area contributed by atoms with Crippen LogP contribution in [0.3, 0.4) is 0 Å². The van der Waals surface area contributed by atoms with E-state index < -0.39 is 18.4 Å². The van der Waals surface area contributed by atoms with Gasteiger partial charge in [-0.3, -0.25) is 0 Å². The third-order valence-electron chi connectivity index (χ3n) is 2.40. The van der Waals surface area contributed by atoms with E-state index in [9.17, 15) is 0 Å². The second-order valence-electron chi connectivity index (χ2n) is 4.78. The number of benzene rings is 1. The summed E-state index contributed by atoms with van der Waals surface area (Å²) in [5, 5.41) is 0. The normalized spacial score (nSPS) is 11.7. The Bertz CT molecular complexity index is 437. The Hall–Kier alpha value is -0.701. The zero-order valence-electron chi connectivity index (χ0n) is 9.45. The van der Waals surface area contributed by atoms with Gasteiger partial charge in [-0.1, -0.05) is 0 Å². The molecule has 0 aliphatic carbocycles. The van der Waals surface area contributed by atoms with Crippen molar-refractivity contribution in [2.75, 3.05) is 0 Å². The molecule has 0 amide bonds. The van der Waals surface area contributed by atoms with Crippen LogP contribution in [0.15, 0.2) is 46.9 Å². The summed E-state index contributed by atoms with van der Waals surface area (Å²) in [6.45, 7) is 0. The number of furan rings is 1. The summed E-state index contributed by atoms with van der Waals surface area (Å²) in [4.78, 5) is 7.09. The zero-order chi connectivity index (χ0) is 10.9. The van der Waals surface area contributed by atoms with E-state index in [4.69, 9.17) is 4.42 Å². The fourth-order valence-electron chi connectivity index (χ4n) is 1.50. The molecule has 1 aromatic heterocycles. The molecular formula is C13H16OSn. The average Bonchev–Trinajstić information content (AvgIpc) is 2.67. The van der Waals surface area contributed by atoms with Gasteiger partial charge in [-0.2, -0.15) is 0 Å². The van der Waals surface area contributed by atoms with Crippen molar-refractivity contribution in [3.63, 3.8) is 0 Å². The van der Waals surface area contributed by atoms with Crippen LogP contribution in [-0.4, -0.2) is 18.4 Å². The van der Waals surface area contributed by atoms with Gasteiger partial charge in [0.25, 0.3) is 0 Å². The van der Waals surface area contributed by atoms with Crippen molar-refractivity contribution in [1.29, 1.82) is 0 Å². The monoisotopic (exact) mass is 308 g/mol. The topological polar surface area (TPSA) is 13.1 Å². The Morgan fingerprint density at radius 2 is 1.53 bits per heavy atom. The first-order chi connectivity index (χ1) is 7.07. The summed E-state index contributed by atoms with van der Waals surface area (Å²) >= 11 is -2.02. The Morgan fingerprint density at radius 1 is 0.867 bits per heavy atom. The molecule has 0 N–H and O–H groups in total. The van der Waals surface area contributed by atoms with Crippen molar-refractivity contribution in [3.05, 3.63) is 42.5 Å². The molecule has 1 aromatic carbocycles. The predicted octanol–water partition coefficient (Wildman–Crippen LogP) is 3.49. The summed E-state index contributed by atoms with van der Waals surface area (Å²) in [5.74, 6) is 0.997. The molecule has 0 aliphatic heterocycles. The van der Waals surface area contributed by atoms with Crippen molar-refractivity contribution in [2.24, 2.45) is 0 Å². The van der Waals surface area contributed by atoms with Crippen molar-refractivity contribution in [1.82, 2.24) is 0 Å². The molecule has 0 bridgehead atoms.